The Morgan fingerprint density at radius 2 is 1.58 bits per heavy atom. The number of carbonyl (C=O) groups is 1. The van der Waals surface area contributed by atoms with Crippen molar-refractivity contribution in [2.75, 3.05) is 45.6 Å². The number of carbonyl (C=O) groups excluding carboxylic acids is 1. The monoisotopic (exact) mass is 356 g/mol. The molecular weight excluding hydrogens is 332 g/mol. The van der Waals surface area contributed by atoms with Crippen molar-refractivity contribution in [1.29, 1.82) is 0 Å². The first-order valence-corrected chi connectivity index (χ1v) is 8.05. The molecule has 138 valence electrons. The van der Waals surface area contributed by atoms with E-state index in [-0.39, 0.29) is 5.91 Å². The molecule has 6 heteroatoms. The van der Waals surface area contributed by atoms with Crippen LogP contribution in [-0.4, -0.2) is 41.3 Å². The number of rotatable bonds is 7. The van der Waals surface area contributed by atoms with E-state index in [1.807, 2.05) is 43.3 Å². The lowest BCUT2D eigenvalue weighted by Crippen LogP contribution is -2.10. The summed E-state index contributed by atoms with van der Waals surface area (Å²) in [7, 11) is 8.57. The predicted octanol–water partition coefficient (Wildman–Crippen LogP) is 3.43. The van der Waals surface area contributed by atoms with Gasteiger partial charge in [-0.15, -0.1) is 0 Å². The third-order valence-electron chi connectivity index (χ3n) is 3.80. The minimum absolute atomic E-state index is 0.237. The van der Waals surface area contributed by atoms with Crippen molar-refractivity contribution in [1.82, 2.24) is 0 Å². The Bertz CT molecular complexity index is 783. The molecule has 0 aliphatic heterocycles. The van der Waals surface area contributed by atoms with Crippen LogP contribution in [0.25, 0.3) is 6.08 Å². The van der Waals surface area contributed by atoms with E-state index in [0.29, 0.717) is 22.8 Å². The van der Waals surface area contributed by atoms with E-state index in [1.165, 1.54) is 13.2 Å². The van der Waals surface area contributed by atoms with Crippen LogP contribution in [0.1, 0.15) is 5.56 Å². The molecular formula is C20H24N2O4. The highest BCUT2D eigenvalue weighted by atomic mass is 16.5. The summed E-state index contributed by atoms with van der Waals surface area (Å²) in [5.74, 6) is 1.31. The number of amides is 1. The molecule has 0 aliphatic carbocycles. The van der Waals surface area contributed by atoms with E-state index in [0.717, 1.165) is 11.4 Å². The van der Waals surface area contributed by atoms with Crippen molar-refractivity contribution in [2.24, 2.45) is 0 Å². The molecule has 2 aromatic rings. The van der Waals surface area contributed by atoms with Gasteiger partial charge >= 0.3 is 0 Å². The average molecular weight is 356 g/mol. The van der Waals surface area contributed by atoms with Crippen molar-refractivity contribution in [2.45, 2.75) is 0 Å². The zero-order chi connectivity index (χ0) is 19.1. The zero-order valence-electron chi connectivity index (χ0n) is 15.7. The Morgan fingerprint density at radius 1 is 0.923 bits per heavy atom. The fourth-order valence-electron chi connectivity index (χ4n) is 2.45. The normalized spacial score (nSPS) is 10.5. The fraction of sp³-hybridized carbons (Fsp3) is 0.250. The summed E-state index contributed by atoms with van der Waals surface area (Å²) in [6.07, 6.45) is 3.12. The molecule has 0 unspecified atom stereocenters. The van der Waals surface area contributed by atoms with Crippen LogP contribution >= 0.6 is 0 Å². The number of anilines is 2. The predicted molar refractivity (Wildman–Crippen MR) is 105 cm³/mol. The summed E-state index contributed by atoms with van der Waals surface area (Å²) in [5.41, 5.74) is 2.50. The van der Waals surface area contributed by atoms with E-state index in [2.05, 4.69) is 5.32 Å². The Kier molecular flexibility index (Phi) is 6.49. The maximum absolute atomic E-state index is 12.2. The molecule has 1 amide bonds. The Hall–Kier alpha value is -3.15. The molecule has 6 nitrogen and oxygen atoms in total. The number of hydrogen-bond acceptors (Lipinski definition) is 5. The molecule has 26 heavy (non-hydrogen) atoms. The van der Waals surface area contributed by atoms with Gasteiger partial charge in [-0.25, -0.2) is 0 Å². The van der Waals surface area contributed by atoms with E-state index in [1.54, 1.807) is 32.4 Å². The lowest BCUT2D eigenvalue weighted by atomic mass is 10.1. The van der Waals surface area contributed by atoms with Gasteiger partial charge < -0.3 is 24.4 Å². The van der Waals surface area contributed by atoms with Crippen LogP contribution in [0.3, 0.4) is 0 Å². The first kappa shape index (κ1) is 19.2. The highest BCUT2D eigenvalue weighted by molar-refractivity contribution is 6.02. The van der Waals surface area contributed by atoms with Crippen LogP contribution in [0.4, 0.5) is 11.4 Å². The first-order valence-electron chi connectivity index (χ1n) is 8.05. The van der Waals surface area contributed by atoms with Gasteiger partial charge in [0.05, 0.1) is 21.3 Å². The highest BCUT2D eigenvalue weighted by Gasteiger charge is 2.14. The smallest absolute Gasteiger partial charge is 0.248 e. The topological polar surface area (TPSA) is 60.0 Å². The van der Waals surface area contributed by atoms with Crippen LogP contribution in [0.2, 0.25) is 0 Å². The van der Waals surface area contributed by atoms with Crippen molar-refractivity contribution in [3.05, 3.63) is 48.0 Å². The minimum atomic E-state index is -0.237. The van der Waals surface area contributed by atoms with Crippen LogP contribution in [-0.2, 0) is 4.79 Å². The van der Waals surface area contributed by atoms with E-state index in [4.69, 9.17) is 14.2 Å². The quantitative estimate of drug-likeness (QED) is 0.770. The SMILES string of the molecule is COc1ccc(C=CC(=O)Nc2ccc(N(C)C)cc2)c(OC)c1OC. The molecule has 0 saturated heterocycles. The molecule has 0 atom stereocenters. The van der Waals surface area contributed by atoms with Crippen molar-refractivity contribution >= 4 is 23.4 Å². The summed E-state index contributed by atoms with van der Waals surface area (Å²) in [5, 5.41) is 2.83. The molecule has 2 aromatic carbocycles. The number of hydrogen-bond donors (Lipinski definition) is 1. The maximum Gasteiger partial charge on any atom is 0.248 e. The second kappa shape index (κ2) is 8.80. The molecule has 0 aromatic heterocycles. The lowest BCUT2D eigenvalue weighted by molar-refractivity contribution is -0.111. The van der Waals surface area contributed by atoms with E-state index >= 15 is 0 Å². The van der Waals surface area contributed by atoms with Gasteiger partial charge in [-0.2, -0.15) is 0 Å². The summed E-state index contributed by atoms with van der Waals surface area (Å²) < 4.78 is 16.0. The van der Waals surface area contributed by atoms with Crippen molar-refractivity contribution < 1.29 is 19.0 Å². The molecule has 0 aliphatic rings. The highest BCUT2D eigenvalue weighted by Crippen LogP contribution is 2.40. The molecule has 0 radical (unpaired) electrons. The molecule has 0 spiro atoms. The minimum Gasteiger partial charge on any atom is -0.493 e. The van der Waals surface area contributed by atoms with Gasteiger partial charge in [0.15, 0.2) is 11.5 Å². The fourth-order valence-corrected chi connectivity index (χ4v) is 2.45. The third kappa shape index (κ3) is 4.47. The lowest BCUT2D eigenvalue weighted by Gasteiger charge is -2.14. The van der Waals surface area contributed by atoms with Gasteiger partial charge in [-0.1, -0.05) is 0 Å². The van der Waals surface area contributed by atoms with Crippen molar-refractivity contribution in [3.63, 3.8) is 0 Å². The van der Waals surface area contributed by atoms with Crippen LogP contribution < -0.4 is 24.4 Å². The number of nitrogens with one attached hydrogen (secondary N) is 1. The van der Waals surface area contributed by atoms with E-state index < -0.39 is 0 Å². The summed E-state index contributed by atoms with van der Waals surface area (Å²) in [6.45, 7) is 0. The van der Waals surface area contributed by atoms with Crippen LogP contribution in [0.15, 0.2) is 42.5 Å². The zero-order valence-corrected chi connectivity index (χ0v) is 15.7. The molecule has 0 fully saturated rings. The van der Waals surface area contributed by atoms with Crippen LogP contribution in [0, 0.1) is 0 Å². The second-order valence-corrected chi connectivity index (χ2v) is 5.69. The Morgan fingerprint density at radius 3 is 2.12 bits per heavy atom. The largest absolute Gasteiger partial charge is 0.493 e. The number of ether oxygens (including phenoxy) is 3. The van der Waals surface area contributed by atoms with Gasteiger partial charge in [0.2, 0.25) is 11.7 Å². The Labute approximate surface area is 154 Å². The van der Waals surface area contributed by atoms with Crippen LogP contribution in [0.5, 0.6) is 17.2 Å². The van der Waals surface area contributed by atoms with Gasteiger partial charge in [0.1, 0.15) is 0 Å². The Balaban J connectivity index is 2.14. The number of benzene rings is 2. The number of methoxy groups -OCH3 is 3. The summed E-state index contributed by atoms with van der Waals surface area (Å²) in [6, 6.07) is 11.2. The van der Waals surface area contributed by atoms with Gasteiger partial charge in [0.25, 0.3) is 0 Å². The average Bonchev–Trinajstić information content (AvgIpc) is 2.65. The van der Waals surface area contributed by atoms with Gasteiger partial charge in [0, 0.05) is 37.1 Å². The summed E-state index contributed by atoms with van der Waals surface area (Å²) >= 11 is 0. The molecule has 0 heterocycles. The van der Waals surface area contributed by atoms with E-state index in [9.17, 15) is 4.79 Å². The molecule has 1 N–H and O–H groups in total. The molecule has 0 bridgehead atoms. The standard InChI is InChI=1S/C20H24N2O4/c1-22(2)16-10-8-15(9-11-16)21-18(23)13-7-14-6-12-17(24-3)20(26-5)19(14)25-4/h6-13H,1-5H3,(H,21,23). The third-order valence-corrected chi connectivity index (χ3v) is 3.80. The van der Waals surface area contributed by atoms with Gasteiger partial charge in [-0.05, 0) is 42.5 Å². The maximum atomic E-state index is 12.2. The first-order chi connectivity index (χ1) is 12.5. The molecule has 2 rings (SSSR count). The van der Waals surface area contributed by atoms with Crippen molar-refractivity contribution in [3.8, 4) is 17.2 Å². The number of nitrogens with zero attached hydrogens (tertiary/aromatic N) is 1. The summed E-state index contributed by atoms with van der Waals surface area (Å²) in [4.78, 5) is 14.2. The second-order valence-electron chi connectivity index (χ2n) is 5.69. The molecule has 0 saturated carbocycles. The van der Waals surface area contributed by atoms with Gasteiger partial charge in [-0.3, -0.25) is 4.79 Å².